The molecule has 0 aromatic heterocycles. The summed E-state index contributed by atoms with van der Waals surface area (Å²) in [5.74, 6) is -0.601. The van der Waals surface area contributed by atoms with Crippen LogP contribution in [0.5, 0.6) is 0 Å². The zero-order valence-electron chi connectivity index (χ0n) is 17.8. The Hall–Kier alpha value is -2.86. The molecule has 6 nitrogen and oxygen atoms in total. The third-order valence-corrected chi connectivity index (χ3v) is 4.96. The molecule has 0 bridgehead atoms. The minimum Gasteiger partial charge on any atom is -0.352 e. The standard InChI is InChI=1S/C23H28ClN3O3/c1-15-12-16(2)22(17(3)13-15)26-20(28)14-27(4)21(29)6-5-11-25-23(30)18-7-9-19(24)10-8-18/h7-10,12-13H,5-6,11,14H2,1-4H3,(H,25,30)(H,26,28). The number of nitrogens with zero attached hydrogens (tertiary/aromatic N) is 1. The molecule has 0 spiro atoms. The van der Waals surface area contributed by atoms with Crippen LogP contribution < -0.4 is 10.6 Å². The zero-order valence-corrected chi connectivity index (χ0v) is 18.6. The first kappa shape index (κ1) is 23.4. The van der Waals surface area contributed by atoms with Gasteiger partial charge >= 0.3 is 0 Å². The van der Waals surface area contributed by atoms with Crippen LogP contribution >= 0.6 is 11.6 Å². The zero-order chi connectivity index (χ0) is 22.3. The van der Waals surface area contributed by atoms with E-state index >= 15 is 0 Å². The second kappa shape index (κ2) is 10.8. The van der Waals surface area contributed by atoms with Gasteiger partial charge in [-0.1, -0.05) is 29.3 Å². The lowest BCUT2D eigenvalue weighted by Gasteiger charge is -2.18. The highest BCUT2D eigenvalue weighted by atomic mass is 35.5. The summed E-state index contributed by atoms with van der Waals surface area (Å²) in [6.45, 7) is 6.25. The smallest absolute Gasteiger partial charge is 0.251 e. The Balaban J connectivity index is 1.74. The summed E-state index contributed by atoms with van der Waals surface area (Å²) in [4.78, 5) is 38.1. The van der Waals surface area contributed by atoms with Crippen LogP contribution in [-0.2, 0) is 9.59 Å². The van der Waals surface area contributed by atoms with E-state index in [0.29, 0.717) is 23.6 Å². The van der Waals surface area contributed by atoms with Crippen molar-refractivity contribution in [3.05, 3.63) is 63.7 Å². The maximum Gasteiger partial charge on any atom is 0.251 e. The number of carbonyl (C=O) groups excluding carboxylic acids is 3. The average Bonchev–Trinajstić information content (AvgIpc) is 2.68. The monoisotopic (exact) mass is 429 g/mol. The second-order valence-electron chi connectivity index (χ2n) is 7.44. The quantitative estimate of drug-likeness (QED) is 0.625. The Labute approximate surface area is 182 Å². The first-order chi connectivity index (χ1) is 14.2. The normalized spacial score (nSPS) is 10.4. The van der Waals surface area contributed by atoms with Crippen LogP contribution in [0, 0.1) is 20.8 Å². The highest BCUT2D eigenvalue weighted by Crippen LogP contribution is 2.21. The number of hydrogen-bond donors (Lipinski definition) is 2. The predicted octanol–water partition coefficient (Wildman–Crippen LogP) is 3.87. The van der Waals surface area contributed by atoms with E-state index in [1.807, 2.05) is 32.9 Å². The maximum absolute atomic E-state index is 12.3. The van der Waals surface area contributed by atoms with Crippen molar-refractivity contribution in [1.29, 1.82) is 0 Å². The van der Waals surface area contributed by atoms with Gasteiger partial charge in [0.15, 0.2) is 0 Å². The summed E-state index contributed by atoms with van der Waals surface area (Å²) < 4.78 is 0. The van der Waals surface area contributed by atoms with Crippen LogP contribution in [0.15, 0.2) is 36.4 Å². The summed E-state index contributed by atoms with van der Waals surface area (Å²) in [6.07, 6.45) is 0.730. The molecule has 160 valence electrons. The van der Waals surface area contributed by atoms with E-state index in [2.05, 4.69) is 10.6 Å². The molecule has 0 fully saturated rings. The first-order valence-electron chi connectivity index (χ1n) is 9.83. The van der Waals surface area contributed by atoms with E-state index < -0.39 is 0 Å². The number of anilines is 1. The van der Waals surface area contributed by atoms with Crippen molar-refractivity contribution in [2.45, 2.75) is 33.6 Å². The maximum atomic E-state index is 12.3. The Morgan fingerprint density at radius 2 is 1.60 bits per heavy atom. The van der Waals surface area contributed by atoms with E-state index in [1.54, 1.807) is 31.3 Å². The predicted molar refractivity (Wildman–Crippen MR) is 120 cm³/mol. The van der Waals surface area contributed by atoms with Crippen molar-refractivity contribution in [2.75, 3.05) is 25.5 Å². The number of carbonyl (C=O) groups is 3. The summed E-state index contributed by atoms with van der Waals surface area (Å²) in [5.41, 5.74) is 4.42. The second-order valence-corrected chi connectivity index (χ2v) is 7.87. The van der Waals surface area contributed by atoms with Crippen LogP contribution in [0.4, 0.5) is 5.69 Å². The molecule has 7 heteroatoms. The molecular weight excluding hydrogens is 402 g/mol. The van der Waals surface area contributed by atoms with Crippen molar-refractivity contribution in [2.24, 2.45) is 0 Å². The lowest BCUT2D eigenvalue weighted by molar-refractivity contribution is -0.133. The fourth-order valence-electron chi connectivity index (χ4n) is 3.20. The molecule has 30 heavy (non-hydrogen) atoms. The molecule has 0 saturated carbocycles. The Kier molecular flexibility index (Phi) is 8.42. The Morgan fingerprint density at radius 1 is 1.00 bits per heavy atom. The number of hydrogen-bond acceptors (Lipinski definition) is 3. The van der Waals surface area contributed by atoms with Crippen LogP contribution in [0.3, 0.4) is 0 Å². The van der Waals surface area contributed by atoms with Gasteiger partial charge in [0.05, 0.1) is 6.54 Å². The topological polar surface area (TPSA) is 78.5 Å². The van der Waals surface area contributed by atoms with E-state index in [-0.39, 0.29) is 30.7 Å². The number of nitrogens with one attached hydrogen (secondary N) is 2. The van der Waals surface area contributed by atoms with Gasteiger partial charge in [-0.05, 0) is 62.6 Å². The molecule has 0 saturated heterocycles. The third-order valence-electron chi connectivity index (χ3n) is 4.71. The average molecular weight is 430 g/mol. The molecule has 0 aliphatic carbocycles. The van der Waals surface area contributed by atoms with Crippen LogP contribution in [0.25, 0.3) is 0 Å². The number of aryl methyl sites for hydroxylation is 3. The van der Waals surface area contributed by atoms with Gasteiger partial charge in [-0.25, -0.2) is 0 Å². The van der Waals surface area contributed by atoms with Crippen LogP contribution in [0.1, 0.15) is 39.9 Å². The van der Waals surface area contributed by atoms with Crippen LogP contribution in [-0.4, -0.2) is 42.8 Å². The number of benzene rings is 2. The highest BCUT2D eigenvalue weighted by Gasteiger charge is 2.15. The Morgan fingerprint density at radius 3 is 2.20 bits per heavy atom. The lowest BCUT2D eigenvalue weighted by atomic mass is 10.1. The number of likely N-dealkylation sites (N-methyl/N-ethyl adjacent to an activating group) is 1. The summed E-state index contributed by atoms with van der Waals surface area (Å²) in [5, 5.41) is 6.23. The van der Waals surface area contributed by atoms with E-state index in [4.69, 9.17) is 11.6 Å². The summed E-state index contributed by atoms with van der Waals surface area (Å²) in [6, 6.07) is 10.6. The largest absolute Gasteiger partial charge is 0.352 e. The van der Waals surface area contributed by atoms with E-state index in [0.717, 1.165) is 22.4 Å². The molecule has 2 aromatic rings. The van der Waals surface area contributed by atoms with Gasteiger partial charge in [0.2, 0.25) is 11.8 Å². The van der Waals surface area contributed by atoms with Crippen LogP contribution in [0.2, 0.25) is 5.02 Å². The van der Waals surface area contributed by atoms with Gasteiger partial charge in [-0.2, -0.15) is 0 Å². The molecule has 3 amide bonds. The highest BCUT2D eigenvalue weighted by molar-refractivity contribution is 6.30. The fourth-order valence-corrected chi connectivity index (χ4v) is 3.32. The molecule has 0 radical (unpaired) electrons. The minimum absolute atomic E-state index is 0.0251. The minimum atomic E-state index is -0.239. The summed E-state index contributed by atoms with van der Waals surface area (Å²) in [7, 11) is 1.60. The Bertz CT molecular complexity index is 903. The van der Waals surface area contributed by atoms with Gasteiger partial charge < -0.3 is 15.5 Å². The van der Waals surface area contributed by atoms with Gasteiger partial charge in [0, 0.05) is 36.3 Å². The molecule has 0 aliphatic heterocycles. The van der Waals surface area contributed by atoms with Crippen molar-refractivity contribution < 1.29 is 14.4 Å². The van der Waals surface area contributed by atoms with E-state index in [1.165, 1.54) is 4.90 Å². The molecule has 0 atom stereocenters. The summed E-state index contributed by atoms with van der Waals surface area (Å²) >= 11 is 5.81. The van der Waals surface area contributed by atoms with Crippen molar-refractivity contribution in [1.82, 2.24) is 10.2 Å². The fraction of sp³-hybridized carbons (Fsp3) is 0.348. The lowest BCUT2D eigenvalue weighted by Crippen LogP contribution is -2.35. The molecular formula is C23H28ClN3O3. The van der Waals surface area contributed by atoms with Gasteiger partial charge in [-0.15, -0.1) is 0 Å². The molecule has 0 heterocycles. The van der Waals surface area contributed by atoms with Crippen molar-refractivity contribution in [3.63, 3.8) is 0 Å². The molecule has 2 rings (SSSR count). The first-order valence-corrected chi connectivity index (χ1v) is 10.2. The van der Waals surface area contributed by atoms with Crippen molar-refractivity contribution >= 4 is 35.0 Å². The molecule has 0 aliphatic rings. The molecule has 2 aromatic carbocycles. The number of halogens is 1. The van der Waals surface area contributed by atoms with E-state index in [9.17, 15) is 14.4 Å². The molecule has 2 N–H and O–H groups in total. The van der Waals surface area contributed by atoms with Gasteiger partial charge in [0.25, 0.3) is 5.91 Å². The number of amides is 3. The molecule has 0 unspecified atom stereocenters. The third kappa shape index (κ3) is 6.88. The SMILES string of the molecule is Cc1cc(C)c(NC(=O)CN(C)C(=O)CCCNC(=O)c2ccc(Cl)cc2)c(C)c1. The number of rotatable bonds is 8. The van der Waals surface area contributed by atoms with Crippen molar-refractivity contribution in [3.8, 4) is 0 Å². The van der Waals surface area contributed by atoms with Gasteiger partial charge in [0.1, 0.15) is 0 Å². The van der Waals surface area contributed by atoms with Gasteiger partial charge in [-0.3, -0.25) is 14.4 Å².